The van der Waals surface area contributed by atoms with Gasteiger partial charge < -0.3 is 9.47 Å². The maximum absolute atomic E-state index is 13.0. The molecule has 0 aliphatic carbocycles. The van der Waals surface area contributed by atoms with E-state index in [9.17, 15) is 26.4 Å². The van der Waals surface area contributed by atoms with Gasteiger partial charge in [-0.05, 0) is 37.1 Å². The SMILES string of the molecule is COc1cc(OC)c(C(=O)CCCCCl)cc1NS(=O)(=O)c1cccc(C(F)(F)F)c1. The largest absolute Gasteiger partial charge is 0.496 e. The van der Waals surface area contributed by atoms with Crippen molar-refractivity contribution in [1.29, 1.82) is 0 Å². The van der Waals surface area contributed by atoms with Gasteiger partial charge in [-0.25, -0.2) is 8.42 Å². The van der Waals surface area contributed by atoms with E-state index >= 15 is 0 Å². The summed E-state index contributed by atoms with van der Waals surface area (Å²) in [6.45, 7) is 0. The molecule has 170 valence electrons. The van der Waals surface area contributed by atoms with Gasteiger partial charge in [0.25, 0.3) is 10.0 Å². The Labute approximate surface area is 183 Å². The minimum atomic E-state index is -4.70. The van der Waals surface area contributed by atoms with Crippen molar-refractivity contribution >= 4 is 33.1 Å². The van der Waals surface area contributed by atoms with Crippen molar-refractivity contribution in [3.05, 3.63) is 47.5 Å². The first-order valence-corrected chi connectivity index (χ1v) is 11.1. The van der Waals surface area contributed by atoms with E-state index in [1.54, 1.807) is 0 Å². The molecule has 0 aromatic heterocycles. The molecule has 2 rings (SSSR count). The molecule has 0 radical (unpaired) electrons. The summed E-state index contributed by atoms with van der Waals surface area (Å²) < 4.78 is 76.9. The summed E-state index contributed by atoms with van der Waals surface area (Å²) >= 11 is 5.62. The van der Waals surface area contributed by atoms with Gasteiger partial charge in [-0.1, -0.05) is 6.07 Å². The Hall–Kier alpha value is -2.46. The third kappa shape index (κ3) is 6.27. The number of hydrogen-bond acceptors (Lipinski definition) is 5. The number of alkyl halides is 4. The first-order chi connectivity index (χ1) is 14.5. The van der Waals surface area contributed by atoms with E-state index in [0.29, 0.717) is 24.8 Å². The molecular weight excluding hydrogens is 459 g/mol. The van der Waals surface area contributed by atoms with Crippen LogP contribution in [0.1, 0.15) is 35.2 Å². The van der Waals surface area contributed by atoms with Crippen molar-refractivity contribution in [2.45, 2.75) is 30.3 Å². The lowest BCUT2D eigenvalue weighted by Crippen LogP contribution is -2.16. The van der Waals surface area contributed by atoms with Crippen molar-refractivity contribution in [3.8, 4) is 11.5 Å². The van der Waals surface area contributed by atoms with Gasteiger partial charge in [-0.2, -0.15) is 13.2 Å². The van der Waals surface area contributed by atoms with Crippen molar-refractivity contribution in [2.24, 2.45) is 0 Å². The molecule has 0 aliphatic heterocycles. The zero-order chi connectivity index (χ0) is 23.2. The van der Waals surface area contributed by atoms with E-state index in [-0.39, 0.29) is 35.0 Å². The van der Waals surface area contributed by atoms with Crippen LogP contribution in [0.3, 0.4) is 0 Å². The fraction of sp³-hybridized carbons (Fsp3) is 0.350. The normalized spacial score (nSPS) is 11.8. The maximum Gasteiger partial charge on any atom is 0.416 e. The van der Waals surface area contributed by atoms with Crippen LogP contribution >= 0.6 is 11.6 Å². The van der Waals surface area contributed by atoms with E-state index in [2.05, 4.69) is 4.72 Å². The number of carbonyl (C=O) groups is 1. The third-order valence-corrected chi connectivity index (χ3v) is 5.96. The van der Waals surface area contributed by atoms with Gasteiger partial charge in [0.05, 0.1) is 35.9 Å². The third-order valence-electron chi connectivity index (χ3n) is 4.33. The number of anilines is 1. The first kappa shape index (κ1) is 24.8. The number of benzene rings is 2. The Kier molecular flexibility index (Phi) is 8.19. The van der Waals surface area contributed by atoms with Crippen molar-refractivity contribution in [1.82, 2.24) is 0 Å². The highest BCUT2D eigenvalue weighted by Gasteiger charge is 2.32. The van der Waals surface area contributed by atoms with Gasteiger partial charge in [0.15, 0.2) is 5.78 Å². The zero-order valence-corrected chi connectivity index (χ0v) is 18.3. The van der Waals surface area contributed by atoms with Gasteiger partial charge in [0, 0.05) is 18.4 Å². The molecule has 0 saturated carbocycles. The van der Waals surface area contributed by atoms with Crippen LogP contribution in [-0.4, -0.2) is 34.3 Å². The number of ketones is 1. The molecule has 0 heterocycles. The molecule has 2 aromatic rings. The summed E-state index contributed by atoms with van der Waals surface area (Å²) in [6.07, 6.45) is -3.38. The molecule has 31 heavy (non-hydrogen) atoms. The molecular formula is C20H21ClF3NO5S. The second-order valence-corrected chi connectivity index (χ2v) is 8.51. The second kappa shape index (κ2) is 10.2. The Morgan fingerprint density at radius 3 is 2.32 bits per heavy atom. The zero-order valence-electron chi connectivity index (χ0n) is 16.8. The topological polar surface area (TPSA) is 81.7 Å². The number of rotatable bonds is 10. The Morgan fingerprint density at radius 1 is 1.06 bits per heavy atom. The average Bonchev–Trinajstić information content (AvgIpc) is 2.72. The molecule has 0 fully saturated rings. The van der Waals surface area contributed by atoms with Crippen molar-refractivity contribution in [2.75, 3.05) is 24.8 Å². The highest BCUT2D eigenvalue weighted by molar-refractivity contribution is 7.92. The number of hydrogen-bond donors (Lipinski definition) is 1. The smallest absolute Gasteiger partial charge is 0.416 e. The first-order valence-electron chi connectivity index (χ1n) is 9.08. The summed E-state index contributed by atoms with van der Waals surface area (Å²) in [5, 5.41) is 0. The van der Waals surface area contributed by atoms with Gasteiger partial charge in [0.2, 0.25) is 0 Å². The van der Waals surface area contributed by atoms with Crippen LogP contribution in [0.5, 0.6) is 11.5 Å². The molecule has 0 atom stereocenters. The number of halogens is 4. The Balaban J connectivity index is 2.45. The van der Waals surface area contributed by atoms with Gasteiger partial charge >= 0.3 is 6.18 Å². The van der Waals surface area contributed by atoms with E-state index < -0.39 is 26.7 Å². The number of sulfonamides is 1. The van der Waals surface area contributed by atoms with Gasteiger partial charge in [0.1, 0.15) is 11.5 Å². The van der Waals surface area contributed by atoms with E-state index in [0.717, 1.165) is 18.2 Å². The molecule has 0 unspecified atom stereocenters. The molecule has 0 spiro atoms. The lowest BCUT2D eigenvalue weighted by Gasteiger charge is -2.16. The summed E-state index contributed by atoms with van der Waals surface area (Å²) in [5.41, 5.74) is -1.10. The summed E-state index contributed by atoms with van der Waals surface area (Å²) in [6, 6.07) is 5.89. The number of methoxy groups -OCH3 is 2. The quantitative estimate of drug-likeness (QED) is 0.291. The number of ether oxygens (including phenoxy) is 2. The number of unbranched alkanes of at least 4 members (excludes halogenated alkanes) is 1. The van der Waals surface area contributed by atoms with E-state index in [1.807, 2.05) is 0 Å². The summed E-state index contributed by atoms with van der Waals surface area (Å²) in [4.78, 5) is 12.0. The summed E-state index contributed by atoms with van der Waals surface area (Å²) in [5.74, 6) is 0.304. The molecule has 0 aliphatic rings. The lowest BCUT2D eigenvalue weighted by atomic mass is 10.0. The van der Waals surface area contributed by atoms with Crippen LogP contribution in [0.15, 0.2) is 41.3 Å². The van der Waals surface area contributed by atoms with Crippen LogP contribution in [0.25, 0.3) is 0 Å². The monoisotopic (exact) mass is 479 g/mol. The van der Waals surface area contributed by atoms with Crippen molar-refractivity contribution < 1.29 is 35.9 Å². The fourth-order valence-electron chi connectivity index (χ4n) is 2.75. The Bertz CT molecular complexity index is 1040. The van der Waals surface area contributed by atoms with Crippen LogP contribution < -0.4 is 14.2 Å². The molecule has 1 N–H and O–H groups in total. The van der Waals surface area contributed by atoms with Crippen molar-refractivity contribution in [3.63, 3.8) is 0 Å². The molecule has 0 saturated heterocycles. The molecule has 0 bridgehead atoms. The standard InChI is InChI=1S/C20H21ClF3NO5S/c1-29-18-12-19(30-2)16(11-15(18)17(26)8-3-4-9-21)25-31(27,28)14-7-5-6-13(10-14)20(22,23)24/h5-7,10-12,25H,3-4,8-9H2,1-2H3. The summed E-state index contributed by atoms with van der Waals surface area (Å²) in [7, 11) is -1.79. The number of carbonyl (C=O) groups excluding carboxylic acids is 1. The molecule has 2 aromatic carbocycles. The number of Topliss-reactive ketones (excluding diaryl/α,β-unsaturated/α-hetero) is 1. The molecule has 0 amide bonds. The molecule has 11 heteroatoms. The number of nitrogens with one attached hydrogen (secondary N) is 1. The van der Waals surface area contributed by atoms with Gasteiger partial charge in [-0.3, -0.25) is 9.52 Å². The molecule has 6 nitrogen and oxygen atoms in total. The minimum absolute atomic E-state index is 0.0321. The van der Waals surface area contributed by atoms with Crippen LogP contribution in [0.4, 0.5) is 18.9 Å². The fourth-order valence-corrected chi connectivity index (χ4v) is 4.05. The minimum Gasteiger partial charge on any atom is -0.496 e. The van der Waals surface area contributed by atoms with Gasteiger partial charge in [-0.15, -0.1) is 11.6 Å². The predicted octanol–water partition coefficient (Wildman–Crippen LogP) is 5.12. The van der Waals surface area contributed by atoms with Crippen LogP contribution in [0, 0.1) is 0 Å². The maximum atomic E-state index is 13.0. The van der Waals surface area contributed by atoms with E-state index in [4.69, 9.17) is 21.1 Å². The predicted molar refractivity (Wildman–Crippen MR) is 111 cm³/mol. The average molecular weight is 480 g/mol. The highest BCUT2D eigenvalue weighted by atomic mass is 35.5. The highest BCUT2D eigenvalue weighted by Crippen LogP contribution is 2.36. The van der Waals surface area contributed by atoms with E-state index in [1.165, 1.54) is 26.4 Å². The lowest BCUT2D eigenvalue weighted by molar-refractivity contribution is -0.137. The van der Waals surface area contributed by atoms with Crippen LogP contribution in [-0.2, 0) is 16.2 Å². The van der Waals surface area contributed by atoms with Crippen LogP contribution in [0.2, 0.25) is 0 Å². The Morgan fingerprint density at radius 2 is 1.74 bits per heavy atom. The second-order valence-electron chi connectivity index (χ2n) is 6.45.